The summed E-state index contributed by atoms with van der Waals surface area (Å²) in [5, 5.41) is 7.76. The van der Waals surface area contributed by atoms with Gasteiger partial charge in [-0.3, -0.25) is 9.78 Å². The van der Waals surface area contributed by atoms with Gasteiger partial charge in [-0.2, -0.15) is 0 Å². The molecule has 1 saturated carbocycles. The van der Waals surface area contributed by atoms with Gasteiger partial charge in [0.1, 0.15) is 0 Å². The van der Waals surface area contributed by atoms with E-state index in [1.807, 2.05) is 36.4 Å². The van der Waals surface area contributed by atoms with Crippen LogP contribution in [0.1, 0.15) is 24.2 Å². The molecule has 0 unspecified atom stereocenters. The number of benzene rings is 1. The molecule has 1 aliphatic rings. The van der Waals surface area contributed by atoms with E-state index in [9.17, 15) is 4.79 Å². The van der Waals surface area contributed by atoms with Gasteiger partial charge in [-0.25, -0.2) is 0 Å². The molecule has 0 spiro atoms. The van der Waals surface area contributed by atoms with Crippen LogP contribution in [0.3, 0.4) is 0 Å². The van der Waals surface area contributed by atoms with Crippen LogP contribution >= 0.6 is 11.6 Å². The van der Waals surface area contributed by atoms with E-state index in [1.54, 1.807) is 18.3 Å². The first kappa shape index (κ1) is 15.8. The summed E-state index contributed by atoms with van der Waals surface area (Å²) in [6.07, 6.45) is 3.26. The normalized spacial score (nSPS) is 14.9. The van der Waals surface area contributed by atoms with Gasteiger partial charge in [0.25, 0.3) is 0 Å². The Kier molecular flexibility index (Phi) is 4.01. The zero-order valence-corrected chi connectivity index (χ0v) is 14.2. The maximum Gasteiger partial charge on any atom is 0.232 e. The highest BCUT2D eigenvalue weighted by atomic mass is 35.5. The molecule has 2 heterocycles. The number of hydrogen-bond acceptors (Lipinski definition) is 4. The highest BCUT2D eigenvalue weighted by Gasteiger charge is 2.53. The molecule has 0 radical (unpaired) electrons. The molecule has 5 nitrogen and oxygen atoms in total. The minimum absolute atomic E-state index is 0.0332. The van der Waals surface area contributed by atoms with Gasteiger partial charge in [-0.1, -0.05) is 22.8 Å². The van der Waals surface area contributed by atoms with Crippen LogP contribution in [0.5, 0.6) is 0 Å². The van der Waals surface area contributed by atoms with Crippen molar-refractivity contribution < 1.29 is 9.32 Å². The molecule has 1 amide bonds. The molecule has 1 aliphatic carbocycles. The number of nitrogens with one attached hydrogen (secondary N) is 1. The van der Waals surface area contributed by atoms with E-state index >= 15 is 0 Å². The minimum Gasteiger partial charge on any atom is -0.356 e. The number of carbonyl (C=O) groups is 1. The zero-order valence-electron chi connectivity index (χ0n) is 13.4. The van der Waals surface area contributed by atoms with Gasteiger partial charge in [0.15, 0.2) is 5.76 Å². The van der Waals surface area contributed by atoms with E-state index in [1.165, 1.54) is 0 Å². The van der Waals surface area contributed by atoms with Gasteiger partial charge in [-0.15, -0.1) is 0 Å². The third-order valence-electron chi connectivity index (χ3n) is 4.47. The Labute approximate surface area is 150 Å². The summed E-state index contributed by atoms with van der Waals surface area (Å²) in [4.78, 5) is 16.9. The average Bonchev–Trinajstić information content (AvgIpc) is 3.31. The van der Waals surface area contributed by atoms with Crippen LogP contribution < -0.4 is 5.32 Å². The fourth-order valence-electron chi connectivity index (χ4n) is 2.82. The van der Waals surface area contributed by atoms with Crippen LogP contribution in [-0.4, -0.2) is 16.0 Å². The second-order valence-electron chi connectivity index (χ2n) is 6.17. The highest BCUT2D eigenvalue weighted by molar-refractivity contribution is 6.30. The van der Waals surface area contributed by atoms with Gasteiger partial charge >= 0.3 is 0 Å². The van der Waals surface area contributed by atoms with Crippen LogP contribution in [-0.2, 0) is 16.8 Å². The molecule has 126 valence electrons. The fourth-order valence-corrected chi connectivity index (χ4v) is 2.94. The largest absolute Gasteiger partial charge is 0.356 e. The lowest BCUT2D eigenvalue weighted by molar-refractivity contribution is -0.123. The quantitative estimate of drug-likeness (QED) is 0.758. The van der Waals surface area contributed by atoms with Crippen molar-refractivity contribution in [1.29, 1.82) is 0 Å². The molecule has 1 aromatic carbocycles. The molecule has 0 atom stereocenters. The predicted octanol–water partition coefficient (Wildman–Crippen LogP) is 3.74. The van der Waals surface area contributed by atoms with Crippen molar-refractivity contribution in [3.8, 4) is 11.3 Å². The summed E-state index contributed by atoms with van der Waals surface area (Å²) in [6, 6.07) is 14.8. The average molecular weight is 354 g/mol. The Bertz CT molecular complexity index is 887. The smallest absolute Gasteiger partial charge is 0.232 e. The third kappa shape index (κ3) is 3.15. The summed E-state index contributed by atoms with van der Waals surface area (Å²) in [5.41, 5.74) is 1.81. The van der Waals surface area contributed by atoms with E-state index < -0.39 is 5.41 Å². The number of halogens is 1. The molecule has 4 rings (SSSR count). The lowest BCUT2D eigenvalue weighted by Gasteiger charge is -2.12. The van der Waals surface area contributed by atoms with E-state index in [-0.39, 0.29) is 5.91 Å². The van der Waals surface area contributed by atoms with E-state index in [2.05, 4.69) is 15.5 Å². The summed E-state index contributed by atoms with van der Waals surface area (Å²) in [5.74, 6) is 0.601. The van der Waals surface area contributed by atoms with Gasteiger partial charge in [0.05, 0.1) is 23.3 Å². The number of aromatic nitrogens is 2. The summed E-state index contributed by atoms with van der Waals surface area (Å²) >= 11 is 5.91. The molecular weight excluding hydrogens is 338 g/mol. The molecule has 1 N–H and O–H groups in total. The fraction of sp³-hybridized carbons (Fsp3) is 0.211. The highest BCUT2D eigenvalue weighted by Crippen LogP contribution is 2.48. The third-order valence-corrected chi connectivity index (χ3v) is 4.72. The van der Waals surface area contributed by atoms with Crippen LogP contribution in [0.25, 0.3) is 11.3 Å². The van der Waals surface area contributed by atoms with Crippen LogP contribution in [0.4, 0.5) is 0 Å². The maximum absolute atomic E-state index is 12.7. The zero-order chi connectivity index (χ0) is 17.3. The van der Waals surface area contributed by atoms with Crippen molar-refractivity contribution in [2.24, 2.45) is 0 Å². The number of nitrogens with zero attached hydrogens (tertiary/aromatic N) is 2. The number of carbonyl (C=O) groups excluding carboxylic acids is 1. The minimum atomic E-state index is -0.580. The van der Waals surface area contributed by atoms with Gasteiger partial charge < -0.3 is 9.84 Å². The molecule has 25 heavy (non-hydrogen) atoms. The van der Waals surface area contributed by atoms with Gasteiger partial charge in [0, 0.05) is 22.8 Å². The topological polar surface area (TPSA) is 68.0 Å². The maximum atomic E-state index is 12.7. The van der Waals surface area contributed by atoms with Gasteiger partial charge in [0.2, 0.25) is 5.91 Å². The summed E-state index contributed by atoms with van der Waals surface area (Å²) in [6.45, 7) is 0.406. The first-order valence-corrected chi connectivity index (χ1v) is 8.46. The summed E-state index contributed by atoms with van der Waals surface area (Å²) < 4.78 is 5.44. The van der Waals surface area contributed by atoms with E-state index in [0.717, 1.165) is 24.1 Å². The Morgan fingerprint density at radius 1 is 1.20 bits per heavy atom. The van der Waals surface area contributed by atoms with Crippen molar-refractivity contribution >= 4 is 17.5 Å². The lowest BCUT2D eigenvalue weighted by atomic mass is 10.0. The molecule has 0 saturated heterocycles. The monoisotopic (exact) mass is 353 g/mol. The summed E-state index contributed by atoms with van der Waals surface area (Å²) in [7, 11) is 0. The molecule has 2 aromatic heterocycles. The molecule has 3 aromatic rings. The second-order valence-corrected chi connectivity index (χ2v) is 6.61. The molecule has 0 aliphatic heterocycles. The van der Waals surface area contributed by atoms with Crippen molar-refractivity contribution in [2.45, 2.75) is 24.8 Å². The molecule has 0 bridgehead atoms. The second kappa shape index (κ2) is 6.33. The molecule has 1 fully saturated rings. The Morgan fingerprint density at radius 3 is 2.68 bits per heavy atom. The first-order chi connectivity index (χ1) is 12.2. The Hall–Kier alpha value is -2.66. The van der Waals surface area contributed by atoms with E-state index in [0.29, 0.717) is 23.0 Å². The van der Waals surface area contributed by atoms with Crippen LogP contribution in [0.2, 0.25) is 5.02 Å². The molecule has 6 heteroatoms. The number of amides is 1. The van der Waals surface area contributed by atoms with Crippen molar-refractivity contribution in [2.75, 3.05) is 0 Å². The number of hydrogen-bond donors (Lipinski definition) is 1. The standard InChI is InChI=1S/C19H16ClN3O2/c20-14-6-4-13(5-7-14)16-11-17(23-25-16)19(8-9-19)18(24)22-12-15-3-1-2-10-21-15/h1-7,10-11H,8-9,12H2,(H,22,24). The Morgan fingerprint density at radius 2 is 2.00 bits per heavy atom. The van der Waals surface area contributed by atoms with Gasteiger partial charge in [-0.05, 0) is 49.2 Å². The predicted molar refractivity (Wildman–Crippen MR) is 93.9 cm³/mol. The van der Waals surface area contributed by atoms with Crippen molar-refractivity contribution in [3.63, 3.8) is 0 Å². The number of rotatable bonds is 5. The SMILES string of the molecule is O=C(NCc1ccccn1)C1(c2cc(-c3ccc(Cl)cc3)on2)CC1. The van der Waals surface area contributed by atoms with Crippen LogP contribution in [0.15, 0.2) is 59.3 Å². The van der Waals surface area contributed by atoms with Crippen LogP contribution in [0, 0.1) is 0 Å². The van der Waals surface area contributed by atoms with E-state index in [4.69, 9.17) is 16.1 Å². The van der Waals surface area contributed by atoms with Crippen molar-refractivity contribution in [3.05, 3.63) is 71.1 Å². The molecular formula is C19H16ClN3O2. The lowest BCUT2D eigenvalue weighted by Crippen LogP contribution is -2.34. The van der Waals surface area contributed by atoms with Crippen molar-refractivity contribution in [1.82, 2.24) is 15.5 Å². The Balaban J connectivity index is 1.49. The first-order valence-electron chi connectivity index (χ1n) is 8.09. The number of pyridine rings is 1.